The molecule has 0 aromatic heterocycles. The van der Waals surface area contributed by atoms with Gasteiger partial charge in [-0.05, 0) is 69.8 Å². The van der Waals surface area contributed by atoms with Crippen LogP contribution in [0.5, 0.6) is 0 Å². The standard InChI is InChI=1S/C16H19Cl3FN3S2.C3H9N/c1-23-4-5-25(24,22-23)15-7-12(17)14(8-13(15)20)21-9-2-3-10-11(6-9)16(10,18)19;1-4(2)3/h4-5,7-11,21-22,24H,2-3,6H2,1H3;1-3H3. The number of rotatable bonds is 3. The Bertz CT molecular complexity index is 792. The molecule has 1 heterocycles. The molecule has 4 atom stereocenters. The molecule has 2 saturated carbocycles. The smallest absolute Gasteiger partial charge is 0.139 e. The fraction of sp³-hybridized carbons (Fsp3) is 0.579. The molecular formula is C19H28Cl3FN4S2. The number of hydrogen-bond acceptors (Lipinski definition) is 5. The molecule has 0 bridgehead atoms. The van der Waals surface area contributed by atoms with Crippen LogP contribution >= 0.6 is 55.7 Å². The van der Waals surface area contributed by atoms with Crippen molar-refractivity contribution in [1.82, 2.24) is 14.7 Å². The number of anilines is 1. The van der Waals surface area contributed by atoms with Crippen LogP contribution in [0.15, 0.2) is 28.6 Å². The van der Waals surface area contributed by atoms with E-state index in [2.05, 4.69) is 21.8 Å². The van der Waals surface area contributed by atoms with Crippen LogP contribution in [0.2, 0.25) is 5.02 Å². The maximum atomic E-state index is 14.8. The lowest BCUT2D eigenvalue weighted by molar-refractivity contribution is 0.440. The van der Waals surface area contributed by atoms with Crippen molar-refractivity contribution in [2.45, 2.75) is 34.5 Å². The molecule has 0 radical (unpaired) electrons. The van der Waals surface area contributed by atoms with E-state index >= 15 is 0 Å². The summed E-state index contributed by atoms with van der Waals surface area (Å²) in [4.78, 5) is 5.63. The van der Waals surface area contributed by atoms with E-state index in [1.165, 1.54) is 6.07 Å². The van der Waals surface area contributed by atoms with Crippen molar-refractivity contribution < 1.29 is 4.39 Å². The highest BCUT2D eigenvalue weighted by Gasteiger charge is 2.64. The number of fused-ring (bicyclic) bond motifs is 1. The SMILES string of the molecule is CN(C)C.CN1C=CS(S)(c2cc(Cl)c(NC3CCC4C(C3)C4(Cl)Cl)cc2F)N1. The quantitative estimate of drug-likeness (QED) is 0.274. The number of nitrogens with one attached hydrogen (secondary N) is 2. The molecular weight excluding hydrogens is 474 g/mol. The molecule has 2 fully saturated rings. The van der Waals surface area contributed by atoms with Gasteiger partial charge in [0.25, 0.3) is 0 Å². The Labute approximate surface area is 194 Å². The van der Waals surface area contributed by atoms with Gasteiger partial charge in [-0.25, -0.2) is 4.39 Å². The van der Waals surface area contributed by atoms with Gasteiger partial charge in [-0.15, -0.1) is 34.9 Å². The number of hydrogen-bond donors (Lipinski definition) is 3. The molecule has 2 aliphatic carbocycles. The molecule has 4 unspecified atom stereocenters. The molecule has 1 aromatic rings. The second-order valence-corrected chi connectivity index (χ2v) is 14.0. The fourth-order valence-electron chi connectivity index (χ4n) is 3.79. The summed E-state index contributed by atoms with van der Waals surface area (Å²) in [5, 5.41) is 7.49. The molecule has 0 spiro atoms. The first-order valence-electron chi connectivity index (χ1n) is 9.42. The van der Waals surface area contributed by atoms with E-state index in [9.17, 15) is 4.39 Å². The molecule has 3 aliphatic rings. The third kappa shape index (κ3) is 5.25. The lowest BCUT2D eigenvalue weighted by Gasteiger charge is -2.31. The van der Waals surface area contributed by atoms with E-state index in [0.29, 0.717) is 27.4 Å². The maximum Gasteiger partial charge on any atom is 0.139 e. The van der Waals surface area contributed by atoms with Gasteiger partial charge in [0.15, 0.2) is 0 Å². The van der Waals surface area contributed by atoms with Gasteiger partial charge in [-0.2, -0.15) is 4.83 Å². The van der Waals surface area contributed by atoms with Gasteiger partial charge in [-0.1, -0.05) is 20.8 Å². The van der Waals surface area contributed by atoms with E-state index in [4.69, 9.17) is 34.8 Å². The summed E-state index contributed by atoms with van der Waals surface area (Å²) >= 11 is 23.7. The second-order valence-electron chi connectivity index (χ2n) is 8.26. The molecule has 0 amide bonds. The van der Waals surface area contributed by atoms with Crippen LogP contribution in [0.3, 0.4) is 0 Å². The molecule has 2 N–H and O–H groups in total. The first-order chi connectivity index (χ1) is 13.4. The summed E-state index contributed by atoms with van der Waals surface area (Å²) in [5.74, 6) is 0.389. The fourth-order valence-corrected chi connectivity index (χ4v) is 7.74. The second kappa shape index (κ2) is 8.85. The highest BCUT2D eigenvalue weighted by atomic mass is 35.5. The number of hydrazine groups is 1. The van der Waals surface area contributed by atoms with E-state index in [0.717, 1.165) is 19.3 Å². The predicted octanol–water partition coefficient (Wildman–Crippen LogP) is 5.89. The minimum Gasteiger partial charge on any atom is -0.381 e. The lowest BCUT2D eigenvalue weighted by atomic mass is 9.95. The molecule has 4 rings (SSSR count). The summed E-state index contributed by atoms with van der Waals surface area (Å²) < 4.78 is 14.2. The lowest BCUT2D eigenvalue weighted by Crippen LogP contribution is -2.25. The normalized spacial score (nSPS) is 34.1. The van der Waals surface area contributed by atoms with Crippen molar-refractivity contribution in [1.29, 1.82) is 0 Å². The Balaban J connectivity index is 0.000000552. The zero-order valence-corrected chi connectivity index (χ0v) is 20.9. The van der Waals surface area contributed by atoms with Gasteiger partial charge in [0.05, 0.1) is 15.6 Å². The van der Waals surface area contributed by atoms with E-state index < -0.39 is 13.6 Å². The number of alkyl halides is 2. The predicted molar refractivity (Wildman–Crippen MR) is 129 cm³/mol. The van der Waals surface area contributed by atoms with Crippen molar-refractivity contribution in [3.05, 3.63) is 34.6 Å². The number of nitrogens with zero attached hydrogens (tertiary/aromatic N) is 2. The first kappa shape index (κ1) is 23.6. The Kier molecular flexibility index (Phi) is 7.21. The number of benzene rings is 1. The van der Waals surface area contributed by atoms with Crippen LogP contribution in [-0.4, -0.2) is 48.5 Å². The molecule has 4 nitrogen and oxygen atoms in total. The molecule has 29 heavy (non-hydrogen) atoms. The molecule has 164 valence electrons. The number of thiol groups is 1. The van der Waals surface area contributed by atoms with Crippen molar-refractivity contribution in [2.75, 3.05) is 33.5 Å². The van der Waals surface area contributed by atoms with Gasteiger partial charge in [-0.3, -0.25) is 0 Å². The van der Waals surface area contributed by atoms with Gasteiger partial charge < -0.3 is 15.2 Å². The minimum absolute atomic E-state index is 0.205. The zero-order valence-electron chi connectivity index (χ0n) is 16.9. The summed E-state index contributed by atoms with van der Waals surface area (Å²) in [7, 11) is 5.96. The maximum absolute atomic E-state index is 14.8. The molecule has 1 aliphatic heterocycles. The van der Waals surface area contributed by atoms with Gasteiger partial charge in [0, 0.05) is 19.3 Å². The summed E-state index contributed by atoms with van der Waals surface area (Å²) in [6, 6.07) is 3.33. The topological polar surface area (TPSA) is 30.5 Å². The average Bonchev–Trinajstić information content (AvgIpc) is 2.96. The highest BCUT2D eigenvalue weighted by Crippen LogP contribution is 2.65. The average molecular weight is 502 g/mol. The third-order valence-electron chi connectivity index (χ3n) is 5.21. The van der Waals surface area contributed by atoms with E-state index in [-0.39, 0.29) is 11.9 Å². The highest BCUT2D eigenvalue weighted by molar-refractivity contribution is 8.88. The van der Waals surface area contributed by atoms with Crippen molar-refractivity contribution in [3.8, 4) is 0 Å². The van der Waals surface area contributed by atoms with Crippen molar-refractivity contribution in [3.63, 3.8) is 0 Å². The first-order valence-corrected chi connectivity index (χ1v) is 13.3. The summed E-state index contributed by atoms with van der Waals surface area (Å²) in [6.45, 7) is 0. The Morgan fingerprint density at radius 1 is 1.28 bits per heavy atom. The minimum atomic E-state index is -1.88. The van der Waals surface area contributed by atoms with E-state index in [1.54, 1.807) is 11.1 Å². The molecule has 10 heteroatoms. The van der Waals surface area contributed by atoms with Gasteiger partial charge in [0.2, 0.25) is 0 Å². The molecule has 1 aromatic carbocycles. The van der Waals surface area contributed by atoms with Crippen LogP contribution < -0.4 is 10.1 Å². The van der Waals surface area contributed by atoms with Crippen LogP contribution in [-0.2, 0) is 0 Å². The third-order valence-corrected chi connectivity index (χ3v) is 9.91. The monoisotopic (exact) mass is 500 g/mol. The van der Waals surface area contributed by atoms with Crippen LogP contribution in [0.1, 0.15) is 19.3 Å². The van der Waals surface area contributed by atoms with Gasteiger partial charge in [0.1, 0.15) is 10.2 Å². The van der Waals surface area contributed by atoms with Crippen molar-refractivity contribution >= 4 is 61.4 Å². The Hall–Kier alpha value is -0.0200. The van der Waals surface area contributed by atoms with Crippen molar-refractivity contribution in [2.24, 2.45) is 11.8 Å². The molecule has 0 saturated heterocycles. The Morgan fingerprint density at radius 3 is 2.48 bits per heavy atom. The Morgan fingerprint density at radius 2 is 1.93 bits per heavy atom. The van der Waals surface area contributed by atoms with E-state index in [1.807, 2.05) is 44.7 Å². The van der Waals surface area contributed by atoms with Crippen LogP contribution in [0.4, 0.5) is 10.1 Å². The van der Waals surface area contributed by atoms with Crippen LogP contribution in [0, 0.1) is 17.7 Å². The van der Waals surface area contributed by atoms with Crippen LogP contribution in [0.25, 0.3) is 0 Å². The summed E-state index contributed by atoms with van der Waals surface area (Å²) in [6.07, 6.45) is 4.66. The van der Waals surface area contributed by atoms with Gasteiger partial charge >= 0.3 is 0 Å². The summed E-state index contributed by atoms with van der Waals surface area (Å²) in [5.41, 5.74) is 0.605. The largest absolute Gasteiger partial charge is 0.381 e. The number of halogens is 4. The zero-order chi connectivity index (χ0) is 21.6.